The predicted octanol–water partition coefficient (Wildman–Crippen LogP) is 4.32. The minimum Gasteiger partial charge on any atom is -0.748 e. The summed E-state index contributed by atoms with van der Waals surface area (Å²) in [6.45, 7) is 5.41. The molecule has 1 aliphatic heterocycles. The topological polar surface area (TPSA) is 130 Å². The SMILES string of the molecule is CCN1\C(=C/C=C(C)/C=C/c2n(CC)c3cc(Cl)c(C(F)(F)F)cc3[n+]2CCCS(=O)(=O)[O-])N(CCCS(=O)(=O)[O-])c2cc(C(F)(F)F)c(Cl)cc21.[Na+]. The molecule has 10 nitrogen and oxygen atoms in total. The van der Waals surface area contributed by atoms with E-state index in [0.29, 0.717) is 28.4 Å². The monoisotopic (exact) mass is 840 g/mol. The van der Waals surface area contributed by atoms with Crippen LogP contribution in [-0.4, -0.2) is 55.1 Å². The summed E-state index contributed by atoms with van der Waals surface area (Å²) in [7, 11) is -9.23. The number of halogens is 8. The normalized spacial score (nSPS) is 15.3. The van der Waals surface area contributed by atoms with Gasteiger partial charge in [-0.3, -0.25) is 0 Å². The van der Waals surface area contributed by atoms with E-state index in [-0.39, 0.29) is 79.8 Å². The molecule has 0 spiro atoms. The first kappa shape index (κ1) is 45.1. The van der Waals surface area contributed by atoms with Gasteiger partial charge in [0.1, 0.15) is 5.82 Å². The van der Waals surface area contributed by atoms with Crippen LogP contribution in [0.25, 0.3) is 17.1 Å². The molecule has 0 N–H and O–H groups in total. The molecule has 0 saturated heterocycles. The molecule has 53 heavy (non-hydrogen) atoms. The van der Waals surface area contributed by atoms with Crippen LogP contribution in [0.1, 0.15) is 50.6 Å². The number of aryl methyl sites for hydroxylation is 2. The number of rotatable bonds is 13. The summed E-state index contributed by atoms with van der Waals surface area (Å²) < 4.78 is 154. The molecule has 3 aromatic rings. The van der Waals surface area contributed by atoms with Gasteiger partial charge < -0.3 is 18.9 Å². The first-order valence-corrected chi connectivity index (χ1v) is 19.6. The minimum absolute atomic E-state index is 0. The number of imidazole rings is 1. The van der Waals surface area contributed by atoms with E-state index < -0.39 is 65.3 Å². The number of fused-ring (bicyclic) bond motifs is 2. The Morgan fingerprint density at radius 1 is 0.830 bits per heavy atom. The molecule has 0 unspecified atom stereocenters. The summed E-state index contributed by atoms with van der Waals surface area (Å²) in [5.41, 5.74) is -0.811. The Hall–Kier alpha value is -2.29. The van der Waals surface area contributed by atoms with Gasteiger partial charge in [0, 0.05) is 42.8 Å². The largest absolute Gasteiger partial charge is 1.00 e. The molecule has 1 aromatic heterocycles. The number of nitrogens with zero attached hydrogens (tertiary/aromatic N) is 4. The van der Waals surface area contributed by atoms with Crippen LogP contribution in [0.15, 0.2) is 53.9 Å². The standard InChI is InChI=1S/C32H34Cl2F6N4O6S2.Na/c1-4-41-27-18-23(33)21(31(35,36)37)16-25(27)43(12-6-14-51(45,46)47)29(41)10-8-20(3)9-11-30-42(5-2)28-19-24(34)22(32(38,39)40)17-26(28)44(30)13-7-15-52(48,49)50;/h8-11,16-19H,4-7,12-15H2,1-3H3,(H-,45,46,47,48,49,50);/q;+1/p-1. The summed E-state index contributed by atoms with van der Waals surface area (Å²) in [6, 6.07) is 4.05. The average molecular weight is 842 g/mol. The maximum Gasteiger partial charge on any atom is 1.00 e. The zero-order valence-electron chi connectivity index (χ0n) is 28.9. The first-order chi connectivity index (χ1) is 24.0. The quantitative estimate of drug-likeness (QED) is 0.0820. The number of allylic oxidation sites excluding steroid dienone is 4. The van der Waals surface area contributed by atoms with E-state index in [9.17, 15) is 52.3 Å². The van der Waals surface area contributed by atoms with Crippen molar-refractivity contribution in [2.45, 2.75) is 59.1 Å². The summed E-state index contributed by atoms with van der Waals surface area (Å²) in [4.78, 5) is 3.12. The molecule has 286 valence electrons. The second-order valence-electron chi connectivity index (χ2n) is 11.8. The van der Waals surface area contributed by atoms with Crippen molar-refractivity contribution in [3.63, 3.8) is 0 Å². The third kappa shape index (κ3) is 10.9. The Morgan fingerprint density at radius 3 is 1.92 bits per heavy atom. The molecule has 1 aliphatic rings. The van der Waals surface area contributed by atoms with Crippen LogP contribution in [0, 0.1) is 0 Å². The van der Waals surface area contributed by atoms with Gasteiger partial charge in [0.25, 0.3) is 5.82 Å². The second kappa shape index (κ2) is 17.2. The van der Waals surface area contributed by atoms with Crippen LogP contribution in [0.5, 0.6) is 0 Å². The van der Waals surface area contributed by atoms with Gasteiger partial charge in [0.15, 0.2) is 11.0 Å². The Labute approximate surface area is 335 Å². The number of benzene rings is 2. The van der Waals surface area contributed by atoms with E-state index in [1.165, 1.54) is 9.47 Å². The molecule has 0 radical (unpaired) electrons. The van der Waals surface area contributed by atoms with Gasteiger partial charge >= 0.3 is 41.9 Å². The Kier molecular flexibility index (Phi) is 14.7. The molecule has 0 saturated carbocycles. The molecule has 0 atom stereocenters. The van der Waals surface area contributed by atoms with Crippen molar-refractivity contribution >= 4 is 71.9 Å². The van der Waals surface area contributed by atoms with E-state index in [0.717, 1.165) is 24.3 Å². The zero-order valence-corrected chi connectivity index (χ0v) is 34.0. The fraction of sp³-hybridized carbons (Fsp3) is 0.406. The number of anilines is 2. The van der Waals surface area contributed by atoms with Crippen molar-refractivity contribution < 1.29 is 86.4 Å². The van der Waals surface area contributed by atoms with Crippen molar-refractivity contribution in [2.24, 2.45) is 0 Å². The third-order valence-electron chi connectivity index (χ3n) is 8.18. The van der Waals surface area contributed by atoms with Crippen LogP contribution in [-0.2, 0) is 45.7 Å². The van der Waals surface area contributed by atoms with Gasteiger partial charge in [-0.05, 0) is 51.8 Å². The molecule has 21 heteroatoms. The van der Waals surface area contributed by atoms with Crippen molar-refractivity contribution in [3.8, 4) is 0 Å². The minimum atomic E-state index is -4.79. The first-order valence-electron chi connectivity index (χ1n) is 15.7. The van der Waals surface area contributed by atoms with E-state index in [4.69, 9.17) is 23.2 Å². The molecular formula is C32H33Cl2F6N4NaO6S2. The van der Waals surface area contributed by atoms with Gasteiger partial charge in [0.2, 0.25) is 0 Å². The van der Waals surface area contributed by atoms with Gasteiger partial charge in [-0.15, -0.1) is 0 Å². The molecule has 4 rings (SSSR count). The number of aromatic nitrogens is 2. The maximum absolute atomic E-state index is 13.8. The molecule has 0 amide bonds. The maximum atomic E-state index is 13.8. The second-order valence-corrected chi connectivity index (χ2v) is 15.6. The van der Waals surface area contributed by atoms with Crippen molar-refractivity contribution in [1.29, 1.82) is 0 Å². The van der Waals surface area contributed by atoms with Crippen LogP contribution in [0.2, 0.25) is 10.0 Å². The van der Waals surface area contributed by atoms with E-state index >= 15 is 0 Å². The number of hydrogen-bond donors (Lipinski definition) is 0. The number of hydrogen-bond acceptors (Lipinski definition) is 8. The fourth-order valence-electron chi connectivity index (χ4n) is 5.95. The molecule has 0 aliphatic carbocycles. The summed E-state index contributed by atoms with van der Waals surface area (Å²) in [6.07, 6.45) is -3.60. The van der Waals surface area contributed by atoms with Crippen LogP contribution >= 0.6 is 23.2 Å². The Morgan fingerprint density at radius 2 is 1.38 bits per heavy atom. The summed E-state index contributed by atoms with van der Waals surface area (Å²) in [5, 5.41) is -1.09. The average Bonchev–Trinajstić information content (AvgIpc) is 3.45. The van der Waals surface area contributed by atoms with Crippen molar-refractivity contribution in [3.05, 3.63) is 80.9 Å². The van der Waals surface area contributed by atoms with Gasteiger partial charge in [-0.1, -0.05) is 40.9 Å². The third-order valence-corrected chi connectivity index (χ3v) is 10.4. The summed E-state index contributed by atoms with van der Waals surface area (Å²) in [5.74, 6) is -0.793. The van der Waals surface area contributed by atoms with E-state index in [1.54, 1.807) is 54.5 Å². The van der Waals surface area contributed by atoms with Gasteiger partial charge in [-0.2, -0.15) is 26.3 Å². The molecule has 0 bridgehead atoms. The number of alkyl halides is 6. The molecule has 2 aromatic carbocycles. The van der Waals surface area contributed by atoms with Crippen molar-refractivity contribution in [1.82, 2.24) is 4.57 Å². The molecule has 2 heterocycles. The zero-order chi connectivity index (χ0) is 39.0. The van der Waals surface area contributed by atoms with Gasteiger partial charge in [-0.25, -0.2) is 26.0 Å². The van der Waals surface area contributed by atoms with Crippen LogP contribution in [0.4, 0.5) is 37.7 Å². The smallest absolute Gasteiger partial charge is 0.748 e. The summed E-state index contributed by atoms with van der Waals surface area (Å²) >= 11 is 12.0. The molecule has 0 fully saturated rings. The predicted molar refractivity (Wildman–Crippen MR) is 184 cm³/mol. The van der Waals surface area contributed by atoms with Crippen molar-refractivity contribution in [2.75, 3.05) is 34.4 Å². The van der Waals surface area contributed by atoms with E-state index in [2.05, 4.69) is 0 Å². The van der Waals surface area contributed by atoms with Gasteiger partial charge in [0.05, 0.1) is 65.9 Å². The Balaban J connectivity index is 0.00000756. The Bertz CT molecular complexity index is 2170. The van der Waals surface area contributed by atoms with Crippen LogP contribution < -0.4 is 43.9 Å². The van der Waals surface area contributed by atoms with E-state index in [1.807, 2.05) is 0 Å². The fourth-order valence-corrected chi connectivity index (χ4v) is 7.44. The molecular weight excluding hydrogens is 808 g/mol. The van der Waals surface area contributed by atoms with Crippen LogP contribution in [0.3, 0.4) is 0 Å².